The first-order valence-corrected chi connectivity index (χ1v) is 11.8. The predicted octanol–water partition coefficient (Wildman–Crippen LogP) is 3.82. The van der Waals surface area contributed by atoms with E-state index in [-0.39, 0.29) is 11.8 Å². The highest BCUT2D eigenvalue weighted by molar-refractivity contribution is 6.45. The quantitative estimate of drug-likeness (QED) is 0.604. The molecule has 33 heavy (non-hydrogen) atoms. The van der Waals surface area contributed by atoms with E-state index in [1.807, 2.05) is 48.5 Å². The summed E-state index contributed by atoms with van der Waals surface area (Å²) in [5, 5.41) is 0. The molecule has 0 radical (unpaired) electrons. The molecule has 6 heteroatoms. The lowest BCUT2D eigenvalue weighted by Gasteiger charge is -2.34. The molecule has 0 aromatic heterocycles. The molecule has 2 aromatic rings. The fraction of sp³-hybridized carbons (Fsp3) is 0.407. The third-order valence-corrected chi connectivity index (χ3v) is 6.21. The van der Waals surface area contributed by atoms with Gasteiger partial charge in [-0.2, -0.15) is 0 Å². The molecule has 174 valence electrons. The van der Waals surface area contributed by atoms with Gasteiger partial charge in [-0.25, -0.2) is 4.90 Å². The predicted molar refractivity (Wildman–Crippen MR) is 131 cm³/mol. The van der Waals surface area contributed by atoms with E-state index in [0.29, 0.717) is 42.6 Å². The molecule has 0 N–H and O–H groups in total. The van der Waals surface area contributed by atoms with Crippen LogP contribution >= 0.6 is 0 Å². The zero-order chi connectivity index (χ0) is 23.5. The second kappa shape index (κ2) is 9.79. The average Bonchev–Trinajstić information content (AvgIpc) is 3.08. The first-order valence-electron chi connectivity index (χ1n) is 11.8. The van der Waals surface area contributed by atoms with Gasteiger partial charge in [-0.3, -0.25) is 9.59 Å². The minimum absolute atomic E-state index is 0.246. The first kappa shape index (κ1) is 23.1. The number of ether oxygens (including phenoxy) is 1. The van der Waals surface area contributed by atoms with Crippen LogP contribution in [0.4, 0.5) is 5.69 Å². The molecule has 0 aliphatic carbocycles. The maximum Gasteiger partial charge on any atom is 0.282 e. The molecular formula is C27H33N3O3. The summed E-state index contributed by atoms with van der Waals surface area (Å²) < 4.78 is 5.81. The zero-order valence-electron chi connectivity index (χ0n) is 20.0. The smallest absolute Gasteiger partial charge is 0.282 e. The Morgan fingerprint density at radius 2 is 1.52 bits per heavy atom. The van der Waals surface area contributed by atoms with Crippen LogP contribution in [0.1, 0.15) is 31.9 Å². The SMILES string of the molecule is CCc1ccc(N2C(=O)C(c3ccc(OCC(C)C)cc3)=C(N3CCN(C)CC3)C2=O)cc1. The number of anilines is 1. The number of hydrogen-bond acceptors (Lipinski definition) is 5. The number of rotatable bonds is 7. The average molecular weight is 448 g/mol. The van der Waals surface area contributed by atoms with E-state index in [2.05, 4.69) is 37.6 Å². The van der Waals surface area contributed by atoms with Crippen molar-refractivity contribution in [1.82, 2.24) is 9.80 Å². The van der Waals surface area contributed by atoms with Gasteiger partial charge in [0.25, 0.3) is 11.8 Å². The lowest BCUT2D eigenvalue weighted by molar-refractivity contribution is -0.120. The Kier molecular flexibility index (Phi) is 6.84. The number of piperazine rings is 1. The highest BCUT2D eigenvalue weighted by Gasteiger charge is 2.42. The van der Waals surface area contributed by atoms with E-state index in [4.69, 9.17) is 4.74 Å². The molecule has 1 saturated heterocycles. The molecule has 0 saturated carbocycles. The fourth-order valence-corrected chi connectivity index (χ4v) is 4.20. The highest BCUT2D eigenvalue weighted by Crippen LogP contribution is 2.35. The largest absolute Gasteiger partial charge is 0.493 e. The summed E-state index contributed by atoms with van der Waals surface area (Å²) in [6, 6.07) is 15.2. The van der Waals surface area contributed by atoms with E-state index in [1.54, 1.807) is 0 Å². The van der Waals surface area contributed by atoms with Gasteiger partial charge in [-0.1, -0.05) is 45.0 Å². The number of amides is 2. The summed E-state index contributed by atoms with van der Waals surface area (Å²) in [5.74, 6) is 0.675. The van der Waals surface area contributed by atoms with E-state index >= 15 is 0 Å². The van der Waals surface area contributed by atoms with Crippen molar-refractivity contribution in [3.8, 4) is 5.75 Å². The number of aryl methyl sites for hydroxylation is 1. The van der Waals surface area contributed by atoms with Gasteiger partial charge in [-0.05, 0) is 54.8 Å². The third-order valence-electron chi connectivity index (χ3n) is 6.21. The Morgan fingerprint density at radius 1 is 0.879 bits per heavy atom. The van der Waals surface area contributed by atoms with Crippen LogP contribution in [0.2, 0.25) is 0 Å². The molecule has 2 amide bonds. The van der Waals surface area contributed by atoms with Crippen molar-refractivity contribution in [1.29, 1.82) is 0 Å². The van der Waals surface area contributed by atoms with Crippen molar-refractivity contribution in [2.75, 3.05) is 44.7 Å². The van der Waals surface area contributed by atoms with Gasteiger partial charge in [-0.15, -0.1) is 0 Å². The van der Waals surface area contributed by atoms with Gasteiger partial charge in [0.15, 0.2) is 0 Å². The first-order chi connectivity index (χ1) is 15.9. The Hall–Kier alpha value is -3.12. The Labute approximate surface area is 196 Å². The monoisotopic (exact) mass is 447 g/mol. The third kappa shape index (κ3) is 4.81. The van der Waals surface area contributed by atoms with Crippen LogP contribution in [0.5, 0.6) is 5.75 Å². The van der Waals surface area contributed by atoms with Crippen molar-refractivity contribution >= 4 is 23.1 Å². The van der Waals surface area contributed by atoms with Crippen molar-refractivity contribution in [3.05, 3.63) is 65.4 Å². The Morgan fingerprint density at radius 3 is 2.09 bits per heavy atom. The van der Waals surface area contributed by atoms with Crippen molar-refractivity contribution in [2.24, 2.45) is 5.92 Å². The second-order valence-corrected chi connectivity index (χ2v) is 9.21. The van der Waals surface area contributed by atoms with Crippen LogP contribution in [0.25, 0.3) is 5.57 Å². The number of benzene rings is 2. The lowest BCUT2D eigenvalue weighted by Crippen LogP contribution is -2.46. The molecule has 2 aliphatic rings. The number of carbonyl (C=O) groups is 2. The van der Waals surface area contributed by atoms with Crippen LogP contribution in [0.3, 0.4) is 0 Å². The maximum absolute atomic E-state index is 13.7. The van der Waals surface area contributed by atoms with Crippen LogP contribution in [0, 0.1) is 5.92 Å². The van der Waals surface area contributed by atoms with Crippen LogP contribution in [-0.2, 0) is 16.0 Å². The van der Waals surface area contributed by atoms with Crippen molar-refractivity contribution in [3.63, 3.8) is 0 Å². The zero-order valence-corrected chi connectivity index (χ0v) is 20.0. The summed E-state index contributed by atoms with van der Waals surface area (Å²) in [7, 11) is 2.08. The van der Waals surface area contributed by atoms with Gasteiger partial charge in [0.05, 0.1) is 17.9 Å². The molecule has 2 heterocycles. The Balaban J connectivity index is 1.70. The van der Waals surface area contributed by atoms with Gasteiger partial charge in [0, 0.05) is 26.2 Å². The Bertz CT molecular complexity index is 1030. The number of hydrogen-bond donors (Lipinski definition) is 0. The minimum Gasteiger partial charge on any atom is -0.493 e. The van der Waals surface area contributed by atoms with Gasteiger partial charge >= 0.3 is 0 Å². The lowest BCUT2D eigenvalue weighted by atomic mass is 10.0. The molecule has 4 rings (SSSR count). The summed E-state index contributed by atoms with van der Waals surface area (Å²) in [5.41, 5.74) is 3.50. The van der Waals surface area contributed by atoms with E-state index in [9.17, 15) is 9.59 Å². The summed E-state index contributed by atoms with van der Waals surface area (Å²) in [6.07, 6.45) is 0.906. The number of nitrogens with zero attached hydrogens (tertiary/aromatic N) is 3. The van der Waals surface area contributed by atoms with E-state index in [1.165, 1.54) is 10.5 Å². The molecular weight excluding hydrogens is 414 g/mol. The van der Waals surface area contributed by atoms with Gasteiger partial charge in [0.2, 0.25) is 0 Å². The van der Waals surface area contributed by atoms with Crippen LogP contribution in [0.15, 0.2) is 54.2 Å². The minimum atomic E-state index is -0.269. The number of carbonyl (C=O) groups excluding carboxylic acids is 2. The topological polar surface area (TPSA) is 53.1 Å². The maximum atomic E-state index is 13.7. The molecule has 0 spiro atoms. The standard InChI is InChI=1S/C27H33N3O3/c1-5-20-6-10-22(11-7-20)30-26(31)24(21-8-12-23(13-9-21)33-18-19(2)3)25(27(30)32)29-16-14-28(4)15-17-29/h6-13,19H,5,14-18H2,1-4H3. The normalized spacial score (nSPS) is 17.5. The van der Waals surface area contributed by atoms with Crippen molar-refractivity contribution in [2.45, 2.75) is 27.2 Å². The van der Waals surface area contributed by atoms with E-state index < -0.39 is 0 Å². The van der Waals surface area contributed by atoms with Gasteiger partial charge in [0.1, 0.15) is 11.4 Å². The highest BCUT2D eigenvalue weighted by atomic mass is 16.5. The molecule has 2 aromatic carbocycles. The molecule has 0 unspecified atom stereocenters. The van der Waals surface area contributed by atoms with Gasteiger partial charge < -0.3 is 14.5 Å². The number of imide groups is 1. The van der Waals surface area contributed by atoms with Crippen LogP contribution in [-0.4, -0.2) is 61.4 Å². The summed E-state index contributed by atoms with van der Waals surface area (Å²) in [6.45, 7) is 10.1. The van der Waals surface area contributed by atoms with E-state index in [0.717, 1.165) is 30.8 Å². The summed E-state index contributed by atoms with van der Waals surface area (Å²) in [4.78, 5) is 32.9. The van der Waals surface area contributed by atoms with Crippen LogP contribution < -0.4 is 9.64 Å². The van der Waals surface area contributed by atoms with Crippen molar-refractivity contribution < 1.29 is 14.3 Å². The molecule has 2 aliphatic heterocycles. The molecule has 1 fully saturated rings. The summed E-state index contributed by atoms with van der Waals surface area (Å²) >= 11 is 0. The molecule has 0 bridgehead atoms. The second-order valence-electron chi connectivity index (χ2n) is 9.21. The fourth-order valence-electron chi connectivity index (χ4n) is 4.20. The molecule has 6 nitrogen and oxygen atoms in total. The number of likely N-dealkylation sites (N-methyl/N-ethyl adjacent to an activating group) is 1. The molecule has 0 atom stereocenters.